The van der Waals surface area contributed by atoms with E-state index >= 15 is 0 Å². The van der Waals surface area contributed by atoms with Crippen LogP contribution >= 0.6 is 23.2 Å². The lowest BCUT2D eigenvalue weighted by Gasteiger charge is -2.61. The van der Waals surface area contributed by atoms with E-state index in [9.17, 15) is 4.79 Å². The molecule has 2 heterocycles. The van der Waals surface area contributed by atoms with Crippen LogP contribution in [0.2, 0.25) is 10.3 Å². The first-order valence-electron chi connectivity index (χ1n) is 10.4. The number of hydrogen-bond donors (Lipinski definition) is 0. The predicted octanol–water partition coefficient (Wildman–Crippen LogP) is 3.76. The van der Waals surface area contributed by atoms with Gasteiger partial charge in [0.2, 0.25) is 11.2 Å². The summed E-state index contributed by atoms with van der Waals surface area (Å²) in [4.78, 5) is 19.8. The normalized spacial score (nSPS) is 32.7. The van der Waals surface area contributed by atoms with Crippen molar-refractivity contribution in [1.82, 2.24) is 29.4 Å². The van der Waals surface area contributed by atoms with Crippen LogP contribution < -0.4 is 0 Å². The minimum absolute atomic E-state index is 0.135. The van der Waals surface area contributed by atoms with Gasteiger partial charge in [-0.05, 0) is 68.9 Å². The van der Waals surface area contributed by atoms with Crippen molar-refractivity contribution in [3.05, 3.63) is 28.5 Å². The van der Waals surface area contributed by atoms with Crippen LogP contribution in [0, 0.1) is 17.3 Å². The lowest BCUT2D eigenvalue weighted by Crippen LogP contribution is -2.61. The number of aryl methyl sites for hydroxylation is 1. The Bertz CT molecular complexity index is 939. The van der Waals surface area contributed by atoms with E-state index in [0.717, 1.165) is 44.3 Å². The number of amides is 1. The Morgan fingerprint density at radius 1 is 1.28 bits per heavy atom. The lowest BCUT2D eigenvalue weighted by molar-refractivity contribution is -0.166. The minimum atomic E-state index is -0.333. The first-order valence-corrected chi connectivity index (χ1v) is 11.1. The second-order valence-corrected chi connectivity index (χ2v) is 10.1. The molecule has 9 heteroatoms. The van der Waals surface area contributed by atoms with Gasteiger partial charge in [0, 0.05) is 13.6 Å². The van der Waals surface area contributed by atoms with Crippen molar-refractivity contribution in [3.63, 3.8) is 0 Å². The molecule has 2 aromatic heterocycles. The monoisotopic (exact) mass is 436 g/mol. The molecule has 7 nitrogen and oxygen atoms in total. The van der Waals surface area contributed by atoms with Gasteiger partial charge in [0.05, 0.1) is 34.4 Å². The van der Waals surface area contributed by atoms with Gasteiger partial charge in [-0.3, -0.25) is 9.48 Å². The quantitative estimate of drug-likeness (QED) is 0.715. The predicted molar refractivity (Wildman–Crippen MR) is 110 cm³/mol. The van der Waals surface area contributed by atoms with Crippen molar-refractivity contribution in [2.75, 3.05) is 7.05 Å². The van der Waals surface area contributed by atoms with E-state index in [4.69, 9.17) is 23.2 Å². The number of halogens is 2. The maximum atomic E-state index is 13.8. The fourth-order valence-corrected chi connectivity index (χ4v) is 7.05. The first kappa shape index (κ1) is 19.4. The molecule has 2 unspecified atom stereocenters. The zero-order chi connectivity index (χ0) is 20.4. The Morgan fingerprint density at radius 3 is 2.62 bits per heavy atom. The SMILES string of the molecule is CCn1ncc(Cl)c1CN(C)C(=O)C12CC3CC(C1)CC(n1cnc(Cl)n1)(C3)C2. The van der Waals surface area contributed by atoms with Crippen LogP contribution in [-0.2, 0) is 23.4 Å². The summed E-state index contributed by atoms with van der Waals surface area (Å²) in [6.45, 7) is 3.24. The summed E-state index contributed by atoms with van der Waals surface area (Å²) >= 11 is 12.4. The van der Waals surface area contributed by atoms with E-state index in [-0.39, 0.29) is 22.1 Å². The molecule has 29 heavy (non-hydrogen) atoms. The number of rotatable bonds is 5. The maximum absolute atomic E-state index is 13.8. The van der Waals surface area contributed by atoms with Gasteiger partial charge in [-0.2, -0.15) is 5.10 Å². The molecule has 4 fully saturated rings. The van der Waals surface area contributed by atoms with Crippen molar-refractivity contribution in [1.29, 1.82) is 0 Å². The van der Waals surface area contributed by atoms with Gasteiger partial charge in [0.15, 0.2) is 0 Å². The highest BCUT2D eigenvalue weighted by Crippen LogP contribution is 2.64. The molecule has 156 valence electrons. The Morgan fingerprint density at radius 2 is 2.00 bits per heavy atom. The fourth-order valence-electron chi connectivity index (χ4n) is 6.72. The number of nitrogens with zero attached hydrogens (tertiary/aromatic N) is 6. The van der Waals surface area contributed by atoms with Crippen molar-refractivity contribution in [2.45, 2.75) is 64.1 Å². The summed E-state index contributed by atoms with van der Waals surface area (Å²) in [5.41, 5.74) is 0.428. The van der Waals surface area contributed by atoms with Crippen LogP contribution in [0.15, 0.2) is 12.5 Å². The summed E-state index contributed by atoms with van der Waals surface area (Å²) in [5.74, 6) is 1.34. The van der Waals surface area contributed by atoms with Gasteiger partial charge in [-0.1, -0.05) is 11.6 Å². The molecule has 0 aliphatic heterocycles. The molecular weight excluding hydrogens is 411 g/mol. The molecule has 2 aromatic rings. The highest BCUT2D eigenvalue weighted by atomic mass is 35.5. The van der Waals surface area contributed by atoms with E-state index in [2.05, 4.69) is 15.2 Å². The van der Waals surface area contributed by atoms with Gasteiger partial charge in [0.1, 0.15) is 6.33 Å². The van der Waals surface area contributed by atoms with Crippen molar-refractivity contribution < 1.29 is 4.79 Å². The summed E-state index contributed by atoms with van der Waals surface area (Å²) in [5, 5.41) is 9.65. The summed E-state index contributed by atoms with van der Waals surface area (Å²) in [6, 6.07) is 0. The third-order valence-electron chi connectivity index (χ3n) is 7.36. The van der Waals surface area contributed by atoms with E-state index in [1.807, 2.05) is 28.2 Å². The molecule has 2 atom stereocenters. The van der Waals surface area contributed by atoms with Gasteiger partial charge < -0.3 is 4.90 Å². The van der Waals surface area contributed by atoms with Gasteiger partial charge in [0.25, 0.3) is 0 Å². The van der Waals surface area contributed by atoms with Gasteiger partial charge in [-0.25, -0.2) is 9.67 Å². The summed E-state index contributed by atoms with van der Waals surface area (Å²) in [7, 11) is 1.89. The highest BCUT2D eigenvalue weighted by molar-refractivity contribution is 6.31. The Balaban J connectivity index is 1.44. The third kappa shape index (κ3) is 3.00. The number of carbonyl (C=O) groups is 1. The molecule has 1 amide bonds. The molecule has 0 saturated heterocycles. The van der Waals surface area contributed by atoms with Crippen LogP contribution in [-0.4, -0.2) is 42.4 Å². The molecule has 0 aromatic carbocycles. The van der Waals surface area contributed by atoms with E-state index in [1.165, 1.54) is 6.42 Å². The average Bonchev–Trinajstić information content (AvgIpc) is 3.26. The standard InChI is InChI=1S/C20H26Cl2N6O/c1-3-27-16(15(21)9-24-27)10-26(2)17(29)19-5-13-4-14(6-19)8-20(7-13,11-19)28-12-23-18(22)25-28/h9,12-14H,3-8,10-11H2,1-2H3. The molecule has 0 spiro atoms. The van der Waals surface area contributed by atoms with Crippen LogP contribution in [0.1, 0.15) is 51.1 Å². The molecule has 4 saturated carbocycles. The van der Waals surface area contributed by atoms with Crippen LogP contribution in [0.3, 0.4) is 0 Å². The summed E-state index contributed by atoms with van der Waals surface area (Å²) in [6.07, 6.45) is 9.51. The average molecular weight is 437 g/mol. The summed E-state index contributed by atoms with van der Waals surface area (Å²) < 4.78 is 3.82. The maximum Gasteiger partial charge on any atom is 0.242 e. The molecule has 0 radical (unpaired) electrons. The highest BCUT2D eigenvalue weighted by Gasteiger charge is 2.62. The lowest BCUT2D eigenvalue weighted by atomic mass is 9.46. The number of carbonyl (C=O) groups excluding carboxylic acids is 1. The van der Waals surface area contributed by atoms with E-state index in [0.29, 0.717) is 23.4 Å². The Hall–Kier alpha value is -1.60. The fraction of sp³-hybridized carbons (Fsp3) is 0.700. The largest absolute Gasteiger partial charge is 0.339 e. The molecule has 4 bridgehead atoms. The zero-order valence-electron chi connectivity index (χ0n) is 16.8. The second kappa shape index (κ2) is 6.71. The van der Waals surface area contributed by atoms with Gasteiger partial charge in [-0.15, -0.1) is 5.10 Å². The Kier molecular flexibility index (Phi) is 4.48. The van der Waals surface area contributed by atoms with Crippen molar-refractivity contribution >= 4 is 29.1 Å². The van der Waals surface area contributed by atoms with Crippen LogP contribution in [0.5, 0.6) is 0 Å². The van der Waals surface area contributed by atoms with Crippen LogP contribution in [0.25, 0.3) is 0 Å². The van der Waals surface area contributed by atoms with E-state index in [1.54, 1.807) is 12.5 Å². The zero-order valence-corrected chi connectivity index (χ0v) is 18.3. The second-order valence-electron chi connectivity index (χ2n) is 9.34. The van der Waals surface area contributed by atoms with Crippen molar-refractivity contribution in [2.24, 2.45) is 17.3 Å². The molecule has 4 aliphatic rings. The molecular formula is C20H26Cl2N6O. The number of aromatic nitrogens is 5. The molecule has 6 rings (SSSR count). The molecule has 0 N–H and O–H groups in total. The minimum Gasteiger partial charge on any atom is -0.339 e. The van der Waals surface area contributed by atoms with Crippen molar-refractivity contribution in [3.8, 4) is 0 Å². The van der Waals surface area contributed by atoms with Gasteiger partial charge >= 0.3 is 0 Å². The topological polar surface area (TPSA) is 68.8 Å². The van der Waals surface area contributed by atoms with E-state index < -0.39 is 0 Å². The molecule has 4 aliphatic carbocycles. The first-order chi connectivity index (χ1) is 13.8. The Labute approximate surface area is 180 Å². The smallest absolute Gasteiger partial charge is 0.242 e. The number of hydrogen-bond acceptors (Lipinski definition) is 4. The third-order valence-corrected chi connectivity index (χ3v) is 7.85. The van der Waals surface area contributed by atoms with Crippen LogP contribution in [0.4, 0.5) is 0 Å².